The Labute approximate surface area is 163 Å². The molecule has 2 saturated heterocycles. The lowest BCUT2D eigenvalue weighted by Gasteiger charge is -2.50. The number of rotatable bonds is 3. The molecule has 0 saturated carbocycles. The van der Waals surface area contributed by atoms with Crippen molar-refractivity contribution < 1.29 is 4.79 Å². The number of carbonyl (C=O) groups is 1. The van der Waals surface area contributed by atoms with E-state index in [0.29, 0.717) is 11.3 Å². The molecule has 1 spiro atoms. The maximum Gasteiger partial charge on any atom is 0.253 e. The van der Waals surface area contributed by atoms with Crippen LogP contribution in [0.15, 0.2) is 60.7 Å². The van der Waals surface area contributed by atoms with Crippen LogP contribution < -0.4 is 0 Å². The van der Waals surface area contributed by atoms with Crippen LogP contribution in [0.5, 0.6) is 0 Å². The quantitative estimate of drug-likeness (QED) is 0.807. The number of benzene rings is 2. The van der Waals surface area contributed by atoms with Gasteiger partial charge >= 0.3 is 0 Å². The molecule has 2 aliphatic rings. The summed E-state index contributed by atoms with van der Waals surface area (Å²) in [5, 5.41) is 0. The number of likely N-dealkylation sites (tertiary alicyclic amines) is 2. The molecule has 0 radical (unpaired) electrons. The van der Waals surface area contributed by atoms with Crippen LogP contribution in [0.2, 0.25) is 0 Å². The minimum Gasteiger partial charge on any atom is -0.339 e. The average molecular weight is 363 g/mol. The molecule has 2 aromatic rings. The minimum atomic E-state index is 0.188. The maximum atomic E-state index is 12.8. The van der Waals surface area contributed by atoms with Crippen LogP contribution in [-0.4, -0.2) is 48.4 Å². The van der Waals surface area contributed by atoms with Gasteiger partial charge in [-0.1, -0.05) is 55.5 Å². The highest BCUT2D eigenvalue weighted by Crippen LogP contribution is 2.45. The standard InChI is InChI=1S/C24H30N2O/c1-2-25-18-22(20-9-5-3-6-10-20)17-24(19-25)13-15-26(16-14-24)23(27)21-11-7-4-8-12-21/h3-12,22H,2,13-19H2,1H3/t22-/m0/s1. The van der Waals surface area contributed by atoms with Crippen molar-refractivity contribution in [1.82, 2.24) is 9.80 Å². The van der Waals surface area contributed by atoms with Crippen molar-refractivity contribution in [2.45, 2.75) is 32.1 Å². The van der Waals surface area contributed by atoms with E-state index in [1.54, 1.807) is 0 Å². The van der Waals surface area contributed by atoms with Crippen molar-refractivity contribution >= 4 is 5.91 Å². The Hall–Kier alpha value is -2.13. The molecule has 0 aromatic heterocycles. The number of nitrogens with zero attached hydrogens (tertiary/aromatic N) is 2. The van der Waals surface area contributed by atoms with E-state index in [9.17, 15) is 4.79 Å². The third-order valence-electron chi connectivity index (χ3n) is 6.57. The molecule has 3 heteroatoms. The third-order valence-corrected chi connectivity index (χ3v) is 6.57. The number of hydrogen-bond donors (Lipinski definition) is 0. The number of likely N-dealkylation sites (N-methyl/N-ethyl adjacent to an activating group) is 1. The van der Waals surface area contributed by atoms with Crippen LogP contribution >= 0.6 is 0 Å². The number of amides is 1. The maximum absolute atomic E-state index is 12.8. The first-order valence-electron chi connectivity index (χ1n) is 10.3. The van der Waals surface area contributed by atoms with E-state index in [-0.39, 0.29) is 5.91 Å². The molecule has 0 bridgehead atoms. The monoisotopic (exact) mass is 362 g/mol. The molecular weight excluding hydrogens is 332 g/mol. The predicted octanol–water partition coefficient (Wildman–Crippen LogP) is 4.42. The SMILES string of the molecule is CCN1C[C@@H](c2ccccc2)CC2(CCN(C(=O)c3ccccc3)CC2)C1. The van der Waals surface area contributed by atoms with Gasteiger partial charge in [0.1, 0.15) is 0 Å². The molecule has 2 fully saturated rings. The van der Waals surface area contributed by atoms with Gasteiger partial charge in [-0.05, 0) is 54.8 Å². The van der Waals surface area contributed by atoms with Crippen molar-refractivity contribution in [3.05, 3.63) is 71.8 Å². The summed E-state index contributed by atoms with van der Waals surface area (Å²) in [5.41, 5.74) is 2.63. The number of hydrogen-bond acceptors (Lipinski definition) is 2. The van der Waals surface area contributed by atoms with Crippen LogP contribution in [0.4, 0.5) is 0 Å². The fourth-order valence-electron chi connectivity index (χ4n) is 5.00. The van der Waals surface area contributed by atoms with Gasteiger partial charge in [-0.15, -0.1) is 0 Å². The van der Waals surface area contributed by atoms with Gasteiger partial charge in [0, 0.05) is 31.7 Å². The second-order valence-electron chi connectivity index (χ2n) is 8.30. The smallest absolute Gasteiger partial charge is 0.253 e. The Kier molecular flexibility index (Phi) is 5.31. The lowest BCUT2D eigenvalue weighted by Crippen LogP contribution is -2.52. The molecule has 0 unspecified atom stereocenters. The molecule has 142 valence electrons. The average Bonchev–Trinajstić information content (AvgIpc) is 2.75. The van der Waals surface area contributed by atoms with E-state index in [4.69, 9.17) is 0 Å². The van der Waals surface area contributed by atoms with Crippen molar-refractivity contribution in [2.75, 3.05) is 32.7 Å². The van der Waals surface area contributed by atoms with E-state index in [0.717, 1.165) is 44.6 Å². The van der Waals surface area contributed by atoms with Crippen molar-refractivity contribution in [3.8, 4) is 0 Å². The molecule has 1 amide bonds. The van der Waals surface area contributed by atoms with Crippen LogP contribution in [0.25, 0.3) is 0 Å². The largest absolute Gasteiger partial charge is 0.339 e. The zero-order valence-electron chi connectivity index (χ0n) is 16.3. The highest BCUT2D eigenvalue weighted by molar-refractivity contribution is 5.94. The number of piperidine rings is 2. The van der Waals surface area contributed by atoms with Gasteiger partial charge in [-0.2, -0.15) is 0 Å². The normalized spacial score (nSPS) is 22.7. The van der Waals surface area contributed by atoms with Gasteiger partial charge < -0.3 is 9.80 Å². The third kappa shape index (κ3) is 3.93. The molecule has 2 aromatic carbocycles. The van der Waals surface area contributed by atoms with Gasteiger partial charge in [0.15, 0.2) is 0 Å². The van der Waals surface area contributed by atoms with Gasteiger partial charge in [0.05, 0.1) is 0 Å². The second kappa shape index (κ2) is 7.85. The Morgan fingerprint density at radius 1 is 1.00 bits per heavy atom. The molecule has 1 atom stereocenters. The fraction of sp³-hybridized carbons (Fsp3) is 0.458. The van der Waals surface area contributed by atoms with Gasteiger partial charge in [0.25, 0.3) is 5.91 Å². The van der Waals surface area contributed by atoms with Crippen molar-refractivity contribution in [2.24, 2.45) is 5.41 Å². The molecule has 0 aliphatic carbocycles. The molecule has 4 rings (SSSR count). The summed E-state index contributed by atoms with van der Waals surface area (Å²) >= 11 is 0. The highest BCUT2D eigenvalue weighted by Gasteiger charge is 2.42. The summed E-state index contributed by atoms with van der Waals surface area (Å²) in [4.78, 5) is 17.5. The summed E-state index contributed by atoms with van der Waals surface area (Å²) in [6, 6.07) is 20.7. The van der Waals surface area contributed by atoms with Gasteiger partial charge in [-0.25, -0.2) is 0 Å². The zero-order valence-corrected chi connectivity index (χ0v) is 16.3. The van der Waals surface area contributed by atoms with Crippen LogP contribution in [0, 0.1) is 5.41 Å². The van der Waals surface area contributed by atoms with E-state index in [1.807, 2.05) is 30.3 Å². The Morgan fingerprint density at radius 3 is 2.26 bits per heavy atom. The first-order valence-corrected chi connectivity index (χ1v) is 10.3. The van der Waals surface area contributed by atoms with Gasteiger partial charge in [-0.3, -0.25) is 4.79 Å². The van der Waals surface area contributed by atoms with E-state index in [2.05, 4.69) is 47.1 Å². The Morgan fingerprint density at radius 2 is 1.63 bits per heavy atom. The summed E-state index contributed by atoms with van der Waals surface area (Å²) in [5.74, 6) is 0.796. The lowest BCUT2D eigenvalue weighted by molar-refractivity contribution is 0.0158. The lowest BCUT2D eigenvalue weighted by atomic mass is 9.68. The molecule has 0 N–H and O–H groups in total. The van der Waals surface area contributed by atoms with E-state index < -0.39 is 0 Å². The summed E-state index contributed by atoms with van der Waals surface area (Å²) in [6.45, 7) is 7.49. The zero-order chi connectivity index (χ0) is 18.7. The first-order chi connectivity index (χ1) is 13.2. The highest BCUT2D eigenvalue weighted by atomic mass is 16.2. The van der Waals surface area contributed by atoms with Crippen LogP contribution in [0.1, 0.15) is 48.0 Å². The first kappa shape index (κ1) is 18.2. The topological polar surface area (TPSA) is 23.6 Å². The molecule has 3 nitrogen and oxygen atoms in total. The predicted molar refractivity (Wildman–Crippen MR) is 110 cm³/mol. The molecule has 2 heterocycles. The Bertz CT molecular complexity index is 750. The molecular formula is C24H30N2O. The van der Waals surface area contributed by atoms with Crippen LogP contribution in [-0.2, 0) is 0 Å². The molecule has 27 heavy (non-hydrogen) atoms. The van der Waals surface area contributed by atoms with Crippen molar-refractivity contribution in [3.63, 3.8) is 0 Å². The Balaban J connectivity index is 1.46. The fourth-order valence-corrected chi connectivity index (χ4v) is 5.00. The number of carbonyl (C=O) groups excluding carboxylic acids is 1. The summed E-state index contributed by atoms with van der Waals surface area (Å²) in [6.07, 6.45) is 3.48. The van der Waals surface area contributed by atoms with Crippen LogP contribution in [0.3, 0.4) is 0 Å². The molecule has 2 aliphatic heterocycles. The summed E-state index contributed by atoms with van der Waals surface area (Å²) in [7, 11) is 0. The van der Waals surface area contributed by atoms with E-state index >= 15 is 0 Å². The second-order valence-corrected chi connectivity index (χ2v) is 8.30. The van der Waals surface area contributed by atoms with Crippen molar-refractivity contribution in [1.29, 1.82) is 0 Å². The van der Waals surface area contributed by atoms with Gasteiger partial charge in [0.2, 0.25) is 0 Å². The van der Waals surface area contributed by atoms with E-state index in [1.165, 1.54) is 18.5 Å². The minimum absolute atomic E-state index is 0.188. The summed E-state index contributed by atoms with van der Waals surface area (Å²) < 4.78 is 0.